The molecule has 2 saturated heterocycles. The summed E-state index contributed by atoms with van der Waals surface area (Å²) >= 11 is 0. The fourth-order valence-electron chi connectivity index (χ4n) is 6.85. The van der Waals surface area contributed by atoms with Crippen molar-refractivity contribution in [3.63, 3.8) is 0 Å². The minimum atomic E-state index is 0.651. The summed E-state index contributed by atoms with van der Waals surface area (Å²) < 4.78 is 0. The zero-order valence-electron chi connectivity index (χ0n) is 20.0. The van der Waals surface area contributed by atoms with Crippen molar-refractivity contribution >= 4 is 5.69 Å². The lowest BCUT2D eigenvalue weighted by Gasteiger charge is -2.50. The van der Waals surface area contributed by atoms with Crippen molar-refractivity contribution in [1.82, 2.24) is 9.80 Å². The van der Waals surface area contributed by atoms with Crippen LogP contribution in [0.15, 0.2) is 24.3 Å². The van der Waals surface area contributed by atoms with E-state index in [2.05, 4.69) is 45.9 Å². The molecule has 0 amide bonds. The van der Waals surface area contributed by atoms with E-state index in [0.29, 0.717) is 5.41 Å². The van der Waals surface area contributed by atoms with E-state index in [0.717, 1.165) is 18.6 Å². The van der Waals surface area contributed by atoms with Crippen LogP contribution in [0.25, 0.3) is 0 Å². The minimum Gasteiger partial charge on any atom is -0.371 e. The Kier molecular flexibility index (Phi) is 6.90. The van der Waals surface area contributed by atoms with Crippen molar-refractivity contribution in [2.75, 3.05) is 37.6 Å². The third-order valence-corrected chi connectivity index (χ3v) is 9.46. The largest absolute Gasteiger partial charge is 0.371 e. The zero-order chi connectivity index (χ0) is 21.1. The molecular formula is C28H45N3. The molecule has 0 aromatic heterocycles. The highest BCUT2D eigenvalue weighted by molar-refractivity contribution is 5.48. The quantitative estimate of drug-likeness (QED) is 0.549. The van der Waals surface area contributed by atoms with Crippen LogP contribution >= 0.6 is 0 Å². The lowest BCUT2D eigenvalue weighted by Crippen LogP contribution is -2.50. The number of hydrogen-bond acceptors (Lipinski definition) is 3. The molecule has 1 aromatic rings. The van der Waals surface area contributed by atoms with Gasteiger partial charge in [-0.25, -0.2) is 0 Å². The van der Waals surface area contributed by atoms with Crippen molar-refractivity contribution in [3.05, 3.63) is 29.8 Å². The topological polar surface area (TPSA) is 9.72 Å². The number of nitrogens with zero attached hydrogens (tertiary/aromatic N) is 3. The third kappa shape index (κ3) is 4.98. The summed E-state index contributed by atoms with van der Waals surface area (Å²) in [6.07, 6.45) is 17.2. The van der Waals surface area contributed by atoms with Crippen molar-refractivity contribution in [1.29, 1.82) is 0 Å². The number of anilines is 1. The molecule has 2 aliphatic heterocycles. The van der Waals surface area contributed by atoms with Crippen molar-refractivity contribution in [3.8, 4) is 0 Å². The van der Waals surface area contributed by atoms with Gasteiger partial charge in [0, 0.05) is 37.4 Å². The highest BCUT2D eigenvalue weighted by Crippen LogP contribution is 2.43. The maximum Gasteiger partial charge on any atom is 0.0366 e. The van der Waals surface area contributed by atoms with Crippen LogP contribution in [0.4, 0.5) is 5.69 Å². The number of likely N-dealkylation sites (tertiary alicyclic amines) is 1. The first-order valence-corrected chi connectivity index (χ1v) is 13.6. The highest BCUT2D eigenvalue weighted by atomic mass is 15.2. The second-order valence-electron chi connectivity index (χ2n) is 11.1. The van der Waals surface area contributed by atoms with E-state index in [-0.39, 0.29) is 0 Å². The average molecular weight is 424 g/mol. The number of benzene rings is 1. The van der Waals surface area contributed by atoms with Crippen LogP contribution in [0, 0.1) is 5.41 Å². The summed E-state index contributed by atoms with van der Waals surface area (Å²) in [5.41, 5.74) is 3.59. The van der Waals surface area contributed by atoms with Crippen LogP contribution in [-0.2, 0) is 6.54 Å². The molecule has 2 saturated carbocycles. The van der Waals surface area contributed by atoms with E-state index < -0.39 is 0 Å². The van der Waals surface area contributed by atoms with Crippen molar-refractivity contribution in [2.24, 2.45) is 5.41 Å². The summed E-state index contributed by atoms with van der Waals surface area (Å²) in [6, 6.07) is 11.4. The van der Waals surface area contributed by atoms with Crippen LogP contribution in [0.1, 0.15) is 89.5 Å². The van der Waals surface area contributed by atoms with E-state index in [1.165, 1.54) is 121 Å². The van der Waals surface area contributed by atoms with Gasteiger partial charge in [0.2, 0.25) is 0 Å². The Morgan fingerprint density at radius 1 is 0.806 bits per heavy atom. The molecule has 2 heterocycles. The fourth-order valence-corrected chi connectivity index (χ4v) is 6.85. The van der Waals surface area contributed by atoms with E-state index in [1.807, 2.05) is 0 Å². The second kappa shape index (κ2) is 9.83. The van der Waals surface area contributed by atoms with Crippen LogP contribution in [0.3, 0.4) is 0 Å². The van der Waals surface area contributed by atoms with Crippen LogP contribution < -0.4 is 4.90 Å². The Balaban J connectivity index is 1.11. The lowest BCUT2D eigenvalue weighted by atomic mass is 9.70. The third-order valence-electron chi connectivity index (χ3n) is 9.46. The molecule has 0 unspecified atom stereocenters. The first-order valence-electron chi connectivity index (χ1n) is 13.6. The average Bonchev–Trinajstić information content (AvgIpc) is 2.80. The van der Waals surface area contributed by atoms with Gasteiger partial charge in [-0.3, -0.25) is 4.90 Å². The van der Waals surface area contributed by atoms with Gasteiger partial charge in [-0.2, -0.15) is 0 Å². The van der Waals surface area contributed by atoms with Gasteiger partial charge in [-0.1, -0.05) is 44.7 Å². The normalized spacial score (nSPS) is 25.8. The molecule has 3 nitrogen and oxygen atoms in total. The number of hydrogen-bond donors (Lipinski definition) is 0. The predicted octanol–water partition coefficient (Wildman–Crippen LogP) is 6.08. The van der Waals surface area contributed by atoms with Gasteiger partial charge in [0.15, 0.2) is 0 Å². The van der Waals surface area contributed by atoms with Gasteiger partial charge in [-0.15, -0.1) is 0 Å². The molecule has 0 radical (unpaired) electrons. The maximum atomic E-state index is 2.81. The Hall–Kier alpha value is -1.06. The van der Waals surface area contributed by atoms with E-state index in [4.69, 9.17) is 0 Å². The van der Waals surface area contributed by atoms with Gasteiger partial charge < -0.3 is 9.80 Å². The van der Waals surface area contributed by atoms with Gasteiger partial charge in [0.05, 0.1) is 0 Å². The van der Waals surface area contributed by atoms with Gasteiger partial charge >= 0.3 is 0 Å². The smallest absolute Gasteiger partial charge is 0.0366 e. The van der Waals surface area contributed by atoms with Gasteiger partial charge in [0.1, 0.15) is 0 Å². The summed E-state index contributed by atoms with van der Waals surface area (Å²) in [5, 5.41) is 0. The van der Waals surface area contributed by atoms with Gasteiger partial charge in [0.25, 0.3) is 0 Å². The standard InChI is InChI=1S/C28H45N3/c1-2-29(25-7-4-3-5-8-25)23-24-11-13-27(14-12-24)31-21-17-28(18-22-31)15-19-30(20-16-28)26-9-6-10-26/h11-14,25-26H,2-10,15-23H2,1H3. The molecular weight excluding hydrogens is 378 g/mol. The van der Waals surface area contributed by atoms with Crippen LogP contribution in [0.5, 0.6) is 0 Å². The second-order valence-corrected chi connectivity index (χ2v) is 11.1. The van der Waals surface area contributed by atoms with Gasteiger partial charge in [-0.05, 0) is 94.1 Å². The maximum absolute atomic E-state index is 2.81. The molecule has 4 aliphatic rings. The highest BCUT2D eigenvalue weighted by Gasteiger charge is 2.39. The van der Waals surface area contributed by atoms with Crippen molar-refractivity contribution in [2.45, 2.75) is 103 Å². The molecule has 31 heavy (non-hydrogen) atoms. The van der Waals surface area contributed by atoms with E-state index in [1.54, 1.807) is 0 Å². The Labute approximate surface area is 191 Å². The number of rotatable bonds is 6. The Morgan fingerprint density at radius 2 is 1.45 bits per heavy atom. The lowest BCUT2D eigenvalue weighted by molar-refractivity contribution is 0.0306. The Bertz CT molecular complexity index is 671. The molecule has 1 spiro atoms. The first-order chi connectivity index (χ1) is 15.2. The molecule has 1 aromatic carbocycles. The van der Waals surface area contributed by atoms with E-state index >= 15 is 0 Å². The fraction of sp³-hybridized carbons (Fsp3) is 0.786. The zero-order valence-corrected chi connectivity index (χ0v) is 20.0. The molecule has 0 N–H and O–H groups in total. The molecule has 0 atom stereocenters. The monoisotopic (exact) mass is 423 g/mol. The van der Waals surface area contributed by atoms with Crippen molar-refractivity contribution < 1.29 is 0 Å². The minimum absolute atomic E-state index is 0.651. The molecule has 5 rings (SSSR count). The molecule has 2 aliphatic carbocycles. The summed E-state index contributed by atoms with van der Waals surface area (Å²) in [5.74, 6) is 0. The predicted molar refractivity (Wildman–Crippen MR) is 132 cm³/mol. The molecule has 3 heteroatoms. The molecule has 0 bridgehead atoms. The first kappa shape index (κ1) is 21.8. The summed E-state index contributed by atoms with van der Waals surface area (Å²) in [6.45, 7) is 9.89. The van der Waals surface area contributed by atoms with Crippen LogP contribution in [0.2, 0.25) is 0 Å². The van der Waals surface area contributed by atoms with Crippen LogP contribution in [-0.4, -0.2) is 54.6 Å². The number of piperidine rings is 2. The molecule has 4 fully saturated rings. The van der Waals surface area contributed by atoms with E-state index in [9.17, 15) is 0 Å². The summed E-state index contributed by atoms with van der Waals surface area (Å²) in [4.78, 5) is 8.19. The summed E-state index contributed by atoms with van der Waals surface area (Å²) in [7, 11) is 0. The molecule has 172 valence electrons. The SMILES string of the molecule is CCN(Cc1ccc(N2CCC3(CC2)CCN(C2CCC2)CC3)cc1)C1CCCCC1. The Morgan fingerprint density at radius 3 is 2.03 bits per heavy atom.